The van der Waals surface area contributed by atoms with E-state index in [0.29, 0.717) is 6.42 Å². The topological polar surface area (TPSA) is 242 Å². The van der Waals surface area contributed by atoms with E-state index in [4.69, 9.17) is 21.7 Å². The van der Waals surface area contributed by atoms with Crippen LogP contribution in [0.4, 0.5) is 0 Å². The van der Waals surface area contributed by atoms with Crippen LogP contribution in [0.25, 0.3) is 0 Å². The number of nitrogens with two attached hydrogens (primary N) is 2. The van der Waals surface area contributed by atoms with Crippen molar-refractivity contribution >= 4 is 35.6 Å². The van der Waals surface area contributed by atoms with Crippen molar-refractivity contribution in [2.24, 2.45) is 11.5 Å². The highest BCUT2D eigenvalue weighted by atomic mass is 16.4. The standard InChI is InChI=1S/C17H27N5O9/c18-8(6-13(25)26)16(29)22-5-1-2-11(22)15(28)21-10(7-23)14(27)20-9(17(30)31)3-4-12(19)24/h8-11,23H,1-7,18H2,(H2,19,24)(H,20,27)(H,21,28)(H,25,26)(H,30,31). The number of carboxylic acid groups (broad SMARTS) is 2. The van der Waals surface area contributed by atoms with Gasteiger partial charge in [-0.2, -0.15) is 0 Å². The first-order chi connectivity index (χ1) is 14.5. The molecule has 1 heterocycles. The second kappa shape index (κ2) is 11.8. The zero-order valence-corrected chi connectivity index (χ0v) is 16.7. The Morgan fingerprint density at radius 2 is 1.71 bits per heavy atom. The van der Waals surface area contributed by atoms with Gasteiger partial charge in [-0.1, -0.05) is 0 Å². The number of carboxylic acids is 2. The molecule has 0 aliphatic carbocycles. The van der Waals surface area contributed by atoms with Crippen molar-refractivity contribution < 1.29 is 44.1 Å². The Kier molecular flexibility index (Phi) is 9.82. The van der Waals surface area contributed by atoms with Crippen LogP contribution in [0.1, 0.15) is 32.1 Å². The summed E-state index contributed by atoms with van der Waals surface area (Å²) in [4.78, 5) is 71.2. The summed E-state index contributed by atoms with van der Waals surface area (Å²) in [5, 5.41) is 31.7. The third kappa shape index (κ3) is 7.82. The Labute approximate surface area is 176 Å². The molecular weight excluding hydrogens is 418 g/mol. The minimum absolute atomic E-state index is 0.161. The van der Waals surface area contributed by atoms with Gasteiger partial charge in [-0.25, -0.2) is 4.79 Å². The van der Waals surface area contributed by atoms with Crippen molar-refractivity contribution in [2.45, 2.75) is 56.3 Å². The van der Waals surface area contributed by atoms with Crippen LogP contribution in [0, 0.1) is 0 Å². The molecule has 9 N–H and O–H groups in total. The van der Waals surface area contributed by atoms with Crippen molar-refractivity contribution in [2.75, 3.05) is 13.2 Å². The SMILES string of the molecule is NC(=O)CCC(NC(=O)C(CO)NC(=O)C1CCCN1C(=O)C(N)CC(=O)O)C(=O)O. The number of rotatable bonds is 12. The monoisotopic (exact) mass is 445 g/mol. The van der Waals surface area contributed by atoms with Gasteiger partial charge in [0.1, 0.15) is 18.1 Å². The van der Waals surface area contributed by atoms with Gasteiger partial charge in [-0.15, -0.1) is 0 Å². The molecule has 1 aliphatic rings. The third-order valence-electron chi connectivity index (χ3n) is 4.66. The smallest absolute Gasteiger partial charge is 0.326 e. The number of hydrogen-bond donors (Lipinski definition) is 7. The number of aliphatic hydroxyl groups excluding tert-OH is 1. The molecule has 4 atom stereocenters. The van der Waals surface area contributed by atoms with E-state index in [9.17, 15) is 33.9 Å². The molecule has 1 aliphatic heterocycles. The molecule has 174 valence electrons. The Bertz CT molecular complexity index is 729. The molecule has 14 heteroatoms. The molecule has 0 radical (unpaired) electrons. The fourth-order valence-corrected chi connectivity index (χ4v) is 3.07. The van der Waals surface area contributed by atoms with Gasteiger partial charge in [0.25, 0.3) is 0 Å². The Balaban J connectivity index is 2.78. The van der Waals surface area contributed by atoms with E-state index < -0.39 is 72.8 Å². The first kappa shape index (κ1) is 25.8. The number of aliphatic carboxylic acids is 2. The molecule has 0 aromatic heterocycles. The zero-order valence-electron chi connectivity index (χ0n) is 16.7. The number of carbonyl (C=O) groups is 6. The molecule has 31 heavy (non-hydrogen) atoms. The molecule has 1 fully saturated rings. The zero-order chi connectivity index (χ0) is 23.7. The normalized spacial score (nSPS) is 18.5. The summed E-state index contributed by atoms with van der Waals surface area (Å²) >= 11 is 0. The van der Waals surface area contributed by atoms with Gasteiger partial charge >= 0.3 is 11.9 Å². The van der Waals surface area contributed by atoms with Gasteiger partial charge in [0.05, 0.1) is 19.1 Å². The molecule has 4 unspecified atom stereocenters. The Morgan fingerprint density at radius 3 is 2.23 bits per heavy atom. The molecule has 0 spiro atoms. The van der Waals surface area contributed by atoms with Gasteiger partial charge < -0.3 is 42.3 Å². The second-order valence-electron chi connectivity index (χ2n) is 7.04. The van der Waals surface area contributed by atoms with Crippen molar-refractivity contribution in [3.63, 3.8) is 0 Å². The average Bonchev–Trinajstić information content (AvgIpc) is 3.17. The van der Waals surface area contributed by atoms with Crippen molar-refractivity contribution in [3.8, 4) is 0 Å². The number of likely N-dealkylation sites (tertiary alicyclic amines) is 1. The minimum Gasteiger partial charge on any atom is -0.481 e. The van der Waals surface area contributed by atoms with Crippen LogP contribution in [0.15, 0.2) is 0 Å². The van der Waals surface area contributed by atoms with E-state index in [1.165, 1.54) is 0 Å². The lowest BCUT2D eigenvalue weighted by atomic mass is 10.1. The quantitative estimate of drug-likeness (QED) is 0.154. The Morgan fingerprint density at radius 1 is 1.06 bits per heavy atom. The molecule has 4 amide bonds. The molecule has 0 aromatic carbocycles. The van der Waals surface area contributed by atoms with Crippen LogP contribution in [0.2, 0.25) is 0 Å². The summed E-state index contributed by atoms with van der Waals surface area (Å²) in [5.41, 5.74) is 10.5. The number of primary amides is 1. The van der Waals surface area contributed by atoms with Gasteiger partial charge in [-0.05, 0) is 19.3 Å². The molecule has 1 rings (SSSR count). The largest absolute Gasteiger partial charge is 0.481 e. The maximum atomic E-state index is 12.6. The van der Waals surface area contributed by atoms with E-state index in [0.717, 1.165) is 4.90 Å². The summed E-state index contributed by atoms with van der Waals surface area (Å²) in [6.45, 7) is -0.701. The fraction of sp³-hybridized carbons (Fsp3) is 0.647. The van der Waals surface area contributed by atoms with Crippen LogP contribution in [-0.2, 0) is 28.8 Å². The highest BCUT2D eigenvalue weighted by Gasteiger charge is 2.38. The van der Waals surface area contributed by atoms with Crippen molar-refractivity contribution in [3.05, 3.63) is 0 Å². The second-order valence-corrected chi connectivity index (χ2v) is 7.04. The summed E-state index contributed by atoms with van der Waals surface area (Å²) in [5.74, 6) is -6.00. The number of nitrogens with zero attached hydrogens (tertiary/aromatic N) is 1. The van der Waals surface area contributed by atoms with Crippen molar-refractivity contribution in [1.82, 2.24) is 15.5 Å². The van der Waals surface area contributed by atoms with E-state index in [2.05, 4.69) is 10.6 Å². The lowest BCUT2D eigenvalue weighted by Crippen LogP contribution is -2.57. The van der Waals surface area contributed by atoms with Gasteiger partial charge in [-0.3, -0.25) is 24.0 Å². The predicted octanol–water partition coefficient (Wildman–Crippen LogP) is -3.91. The van der Waals surface area contributed by atoms with E-state index in [1.54, 1.807) is 0 Å². The average molecular weight is 445 g/mol. The summed E-state index contributed by atoms with van der Waals surface area (Å²) in [7, 11) is 0. The summed E-state index contributed by atoms with van der Waals surface area (Å²) in [6.07, 6.45) is -0.535. The molecular formula is C17H27N5O9. The first-order valence-corrected chi connectivity index (χ1v) is 9.48. The van der Waals surface area contributed by atoms with Crippen LogP contribution in [0.5, 0.6) is 0 Å². The van der Waals surface area contributed by atoms with Gasteiger partial charge in [0.15, 0.2) is 0 Å². The molecule has 1 saturated heterocycles. The van der Waals surface area contributed by atoms with Crippen LogP contribution in [-0.4, -0.2) is 93.1 Å². The van der Waals surface area contributed by atoms with Gasteiger partial charge in [0, 0.05) is 13.0 Å². The fourth-order valence-electron chi connectivity index (χ4n) is 3.07. The van der Waals surface area contributed by atoms with Crippen LogP contribution < -0.4 is 22.1 Å². The first-order valence-electron chi connectivity index (χ1n) is 9.48. The molecule has 0 bridgehead atoms. The lowest BCUT2D eigenvalue weighted by molar-refractivity contribution is -0.144. The summed E-state index contributed by atoms with van der Waals surface area (Å²) in [6, 6.07) is -5.36. The highest BCUT2D eigenvalue weighted by molar-refractivity contribution is 5.95. The number of aliphatic hydroxyl groups is 1. The summed E-state index contributed by atoms with van der Waals surface area (Å²) < 4.78 is 0. The number of hydrogen-bond acceptors (Lipinski definition) is 8. The van der Waals surface area contributed by atoms with Crippen LogP contribution >= 0.6 is 0 Å². The van der Waals surface area contributed by atoms with Crippen molar-refractivity contribution in [1.29, 1.82) is 0 Å². The van der Waals surface area contributed by atoms with Crippen LogP contribution in [0.3, 0.4) is 0 Å². The highest BCUT2D eigenvalue weighted by Crippen LogP contribution is 2.19. The lowest BCUT2D eigenvalue weighted by Gasteiger charge is -2.28. The maximum absolute atomic E-state index is 12.6. The maximum Gasteiger partial charge on any atom is 0.326 e. The number of amides is 4. The van der Waals surface area contributed by atoms with Gasteiger partial charge in [0.2, 0.25) is 23.6 Å². The van der Waals surface area contributed by atoms with E-state index >= 15 is 0 Å². The number of carbonyl (C=O) groups excluding carboxylic acids is 4. The predicted molar refractivity (Wildman–Crippen MR) is 102 cm³/mol. The minimum atomic E-state index is -1.52. The Hall–Kier alpha value is -3.26. The van der Waals surface area contributed by atoms with E-state index in [1.807, 2.05) is 0 Å². The van der Waals surface area contributed by atoms with E-state index in [-0.39, 0.29) is 25.8 Å². The number of nitrogens with one attached hydrogen (secondary N) is 2. The molecule has 14 nitrogen and oxygen atoms in total. The molecule has 0 saturated carbocycles. The third-order valence-corrected chi connectivity index (χ3v) is 4.66. The molecule has 0 aromatic rings.